The van der Waals surface area contributed by atoms with Crippen molar-refractivity contribution < 1.29 is 9.26 Å². The van der Waals surface area contributed by atoms with E-state index in [1.807, 2.05) is 19.1 Å². The first-order chi connectivity index (χ1) is 11.7. The summed E-state index contributed by atoms with van der Waals surface area (Å²) < 4.78 is 10.9. The Morgan fingerprint density at radius 1 is 1.00 bits per heavy atom. The van der Waals surface area contributed by atoms with Crippen LogP contribution in [-0.4, -0.2) is 18.0 Å². The number of fused-ring (bicyclic) bond motifs is 3. The highest BCUT2D eigenvalue weighted by Gasteiger charge is 2.24. The van der Waals surface area contributed by atoms with Crippen LogP contribution in [0.25, 0.3) is 11.1 Å². The highest BCUT2D eigenvalue weighted by molar-refractivity contribution is 6.17. The first-order valence-electron chi connectivity index (χ1n) is 7.93. The Bertz CT molecular complexity index is 937. The molecule has 0 fully saturated rings. The summed E-state index contributed by atoms with van der Waals surface area (Å²) >= 11 is 0. The van der Waals surface area contributed by atoms with Crippen LogP contribution in [0.15, 0.2) is 52.0 Å². The molecule has 0 saturated carbocycles. The fraction of sp³-hybridized carbons (Fsp3) is 0.200. The summed E-state index contributed by atoms with van der Waals surface area (Å²) in [6, 6.07) is 14.5. The summed E-state index contributed by atoms with van der Waals surface area (Å²) in [6.45, 7) is 4.53. The molecule has 3 aromatic rings. The molecule has 0 spiro atoms. The number of methoxy groups -OCH3 is 1. The molecular weight excluding hydrogens is 300 g/mol. The molecule has 24 heavy (non-hydrogen) atoms. The lowest BCUT2D eigenvalue weighted by Crippen LogP contribution is -2.05. The van der Waals surface area contributed by atoms with Gasteiger partial charge >= 0.3 is 0 Å². The van der Waals surface area contributed by atoms with Crippen molar-refractivity contribution >= 4 is 5.71 Å². The second kappa shape index (κ2) is 5.64. The average molecular weight is 318 g/mol. The maximum atomic E-state index is 5.50. The van der Waals surface area contributed by atoms with Crippen molar-refractivity contribution in [3.8, 4) is 16.9 Å². The zero-order chi connectivity index (χ0) is 16.7. The summed E-state index contributed by atoms with van der Waals surface area (Å²) in [6.07, 6.45) is 0. The van der Waals surface area contributed by atoms with Crippen molar-refractivity contribution in [2.24, 2.45) is 4.99 Å². The molecule has 4 rings (SSSR count). The number of benzene rings is 2. The van der Waals surface area contributed by atoms with E-state index in [0.29, 0.717) is 6.54 Å². The molecule has 4 heteroatoms. The lowest BCUT2D eigenvalue weighted by Gasteiger charge is -2.12. The third kappa shape index (κ3) is 2.31. The molecule has 1 aromatic heterocycles. The van der Waals surface area contributed by atoms with Gasteiger partial charge in [0.2, 0.25) is 0 Å². The minimum absolute atomic E-state index is 0.483. The number of aromatic nitrogens is 1. The lowest BCUT2D eigenvalue weighted by molar-refractivity contribution is 0.382. The van der Waals surface area contributed by atoms with Crippen LogP contribution in [0.2, 0.25) is 0 Å². The molecule has 0 atom stereocenters. The normalized spacial score (nSPS) is 12.9. The van der Waals surface area contributed by atoms with Gasteiger partial charge < -0.3 is 9.26 Å². The van der Waals surface area contributed by atoms with Gasteiger partial charge in [-0.2, -0.15) is 0 Å². The van der Waals surface area contributed by atoms with E-state index >= 15 is 0 Å². The second-order valence-corrected chi connectivity index (χ2v) is 6.01. The average Bonchev–Trinajstić information content (AvgIpc) is 2.88. The van der Waals surface area contributed by atoms with Gasteiger partial charge in [0.15, 0.2) is 5.76 Å². The van der Waals surface area contributed by atoms with Crippen LogP contribution >= 0.6 is 0 Å². The maximum absolute atomic E-state index is 5.50. The van der Waals surface area contributed by atoms with Gasteiger partial charge in [-0.25, -0.2) is 0 Å². The van der Waals surface area contributed by atoms with E-state index in [4.69, 9.17) is 14.3 Å². The van der Waals surface area contributed by atoms with Crippen molar-refractivity contribution in [3.05, 3.63) is 70.6 Å². The molecule has 0 aliphatic carbocycles. The molecule has 0 bridgehead atoms. The predicted octanol–water partition coefficient (Wildman–Crippen LogP) is 4.32. The molecule has 1 aliphatic rings. The van der Waals surface area contributed by atoms with Gasteiger partial charge in [-0.1, -0.05) is 35.0 Å². The highest BCUT2D eigenvalue weighted by Crippen LogP contribution is 2.36. The number of hydrogen-bond donors (Lipinski definition) is 0. The van der Waals surface area contributed by atoms with Crippen molar-refractivity contribution in [1.82, 2.24) is 5.16 Å². The Labute approximate surface area is 140 Å². The molecular formula is C20H18N2O2. The Balaban J connectivity index is 1.97. The first-order valence-corrected chi connectivity index (χ1v) is 7.93. The number of hydrogen-bond acceptors (Lipinski definition) is 4. The van der Waals surface area contributed by atoms with Crippen molar-refractivity contribution in [1.29, 1.82) is 0 Å². The van der Waals surface area contributed by atoms with E-state index < -0.39 is 0 Å². The van der Waals surface area contributed by atoms with Gasteiger partial charge in [0.05, 0.1) is 24.1 Å². The number of rotatable bonds is 2. The highest BCUT2D eigenvalue weighted by atomic mass is 16.5. The van der Waals surface area contributed by atoms with Crippen molar-refractivity contribution in [2.75, 3.05) is 7.11 Å². The van der Waals surface area contributed by atoms with Crippen LogP contribution in [0.5, 0.6) is 5.75 Å². The summed E-state index contributed by atoms with van der Waals surface area (Å²) in [4.78, 5) is 4.82. The molecule has 1 aliphatic heterocycles. The minimum Gasteiger partial charge on any atom is -0.497 e. The van der Waals surface area contributed by atoms with Crippen LogP contribution in [0.1, 0.15) is 28.1 Å². The third-order valence-electron chi connectivity index (χ3n) is 4.39. The maximum Gasteiger partial charge on any atom is 0.166 e. The number of ether oxygens (including phenoxy) is 1. The summed E-state index contributed by atoms with van der Waals surface area (Å²) in [5.41, 5.74) is 7.33. The van der Waals surface area contributed by atoms with Gasteiger partial charge in [0.25, 0.3) is 0 Å². The number of aliphatic imine (C=N–C) groups is 1. The Kier molecular flexibility index (Phi) is 3.45. The molecule has 2 aromatic carbocycles. The smallest absolute Gasteiger partial charge is 0.166 e. The van der Waals surface area contributed by atoms with E-state index in [0.717, 1.165) is 45.2 Å². The van der Waals surface area contributed by atoms with Gasteiger partial charge in [-0.15, -0.1) is 0 Å². The first kappa shape index (κ1) is 14.7. The molecule has 0 N–H and O–H groups in total. The third-order valence-corrected chi connectivity index (χ3v) is 4.39. The Morgan fingerprint density at radius 3 is 2.54 bits per heavy atom. The van der Waals surface area contributed by atoms with E-state index in [9.17, 15) is 0 Å². The fourth-order valence-corrected chi connectivity index (χ4v) is 3.13. The van der Waals surface area contributed by atoms with Gasteiger partial charge in [0.1, 0.15) is 12.3 Å². The second-order valence-electron chi connectivity index (χ2n) is 6.01. The molecule has 0 saturated heterocycles. The van der Waals surface area contributed by atoms with Crippen molar-refractivity contribution in [2.45, 2.75) is 20.4 Å². The van der Waals surface area contributed by atoms with E-state index in [1.54, 1.807) is 7.11 Å². The standard InChI is InChI=1S/C20H18N2O2/c1-12-4-6-14(7-5-12)20-17-10-15(23-3)8-9-16(17)19-13(2)22-24-18(19)11-21-20/h4-10H,11H2,1-3H3. The van der Waals surface area contributed by atoms with Gasteiger partial charge in [-0.05, 0) is 37.6 Å². The zero-order valence-electron chi connectivity index (χ0n) is 14.0. The molecule has 4 nitrogen and oxygen atoms in total. The van der Waals surface area contributed by atoms with Crippen LogP contribution in [-0.2, 0) is 6.54 Å². The minimum atomic E-state index is 0.483. The van der Waals surface area contributed by atoms with E-state index in [-0.39, 0.29) is 0 Å². The number of aryl methyl sites for hydroxylation is 2. The van der Waals surface area contributed by atoms with E-state index in [1.165, 1.54) is 5.56 Å². The molecule has 120 valence electrons. The van der Waals surface area contributed by atoms with E-state index in [2.05, 4.69) is 42.4 Å². The summed E-state index contributed by atoms with van der Waals surface area (Å²) in [5, 5.41) is 4.12. The lowest BCUT2D eigenvalue weighted by atomic mass is 9.93. The quantitative estimate of drug-likeness (QED) is 0.707. The van der Waals surface area contributed by atoms with Crippen molar-refractivity contribution in [3.63, 3.8) is 0 Å². The molecule has 0 unspecified atom stereocenters. The molecule has 2 heterocycles. The molecule has 0 amide bonds. The SMILES string of the molecule is COc1ccc2c(c1)C(c1ccc(C)cc1)=NCc1onc(C)c1-2. The topological polar surface area (TPSA) is 47.6 Å². The Hall–Kier alpha value is -2.88. The summed E-state index contributed by atoms with van der Waals surface area (Å²) in [7, 11) is 1.68. The predicted molar refractivity (Wildman–Crippen MR) is 93.8 cm³/mol. The van der Waals surface area contributed by atoms with Gasteiger partial charge in [-0.3, -0.25) is 4.99 Å². The monoisotopic (exact) mass is 318 g/mol. The zero-order valence-corrected chi connectivity index (χ0v) is 14.0. The summed E-state index contributed by atoms with van der Waals surface area (Å²) in [5.74, 6) is 1.62. The van der Waals surface area contributed by atoms with Crippen LogP contribution in [0.4, 0.5) is 0 Å². The van der Waals surface area contributed by atoms with Crippen LogP contribution in [0, 0.1) is 13.8 Å². The fourth-order valence-electron chi connectivity index (χ4n) is 3.13. The van der Waals surface area contributed by atoms with Crippen LogP contribution < -0.4 is 4.74 Å². The van der Waals surface area contributed by atoms with Crippen LogP contribution in [0.3, 0.4) is 0 Å². The van der Waals surface area contributed by atoms with Gasteiger partial charge in [0, 0.05) is 11.1 Å². The Morgan fingerprint density at radius 2 is 1.79 bits per heavy atom. The molecule has 0 radical (unpaired) electrons. The number of nitrogens with zero attached hydrogens (tertiary/aromatic N) is 2. The largest absolute Gasteiger partial charge is 0.497 e.